The fourth-order valence-electron chi connectivity index (χ4n) is 3.74. The number of amidine groups is 1. The van der Waals surface area contributed by atoms with Crippen LogP contribution in [0.3, 0.4) is 0 Å². The third kappa shape index (κ3) is 6.16. The molecular weight excluding hydrogens is 462 g/mol. The Morgan fingerprint density at radius 1 is 1.23 bits per heavy atom. The number of fused-ring (bicyclic) bond motifs is 1. The number of ether oxygens (including phenoxy) is 3. The predicted octanol–water partition coefficient (Wildman–Crippen LogP) is 0.592. The van der Waals surface area contributed by atoms with Crippen LogP contribution in [0.15, 0.2) is 47.3 Å². The highest BCUT2D eigenvalue weighted by Gasteiger charge is 2.38. The maximum Gasteiger partial charge on any atom is 0.344 e. The molecule has 1 aliphatic heterocycles. The molecule has 2 aliphatic rings. The van der Waals surface area contributed by atoms with Gasteiger partial charge in [-0.15, -0.1) is 0 Å². The third-order valence-corrected chi connectivity index (χ3v) is 5.33. The van der Waals surface area contributed by atoms with Crippen molar-refractivity contribution < 1.29 is 43.7 Å². The second kappa shape index (κ2) is 11.2. The van der Waals surface area contributed by atoms with Gasteiger partial charge in [0.25, 0.3) is 0 Å². The van der Waals surface area contributed by atoms with Crippen LogP contribution in [0.25, 0.3) is 0 Å². The van der Waals surface area contributed by atoms with Gasteiger partial charge in [0, 0.05) is 18.8 Å². The van der Waals surface area contributed by atoms with E-state index >= 15 is 0 Å². The number of oxime groups is 1. The number of carboxylic acids is 1. The van der Waals surface area contributed by atoms with Crippen molar-refractivity contribution in [1.82, 2.24) is 4.90 Å². The number of nitrogens with zero attached hydrogens (tertiary/aromatic N) is 2. The number of aliphatic carboxylic acids is 1. The molecule has 12 heteroatoms. The van der Waals surface area contributed by atoms with Crippen molar-refractivity contribution in [2.24, 2.45) is 22.7 Å². The van der Waals surface area contributed by atoms with E-state index in [4.69, 9.17) is 30.3 Å². The highest BCUT2D eigenvalue weighted by molar-refractivity contribution is 6.08. The number of esters is 1. The minimum Gasteiger partial charge on any atom is -0.482 e. The van der Waals surface area contributed by atoms with Crippen LogP contribution in [0.5, 0.6) is 11.5 Å². The topological polar surface area (TPSA) is 178 Å². The molecule has 1 heterocycles. The number of carboxylic acid groups (broad SMARTS) is 1. The van der Waals surface area contributed by atoms with Gasteiger partial charge in [0.2, 0.25) is 0 Å². The lowest BCUT2D eigenvalue weighted by molar-refractivity contribution is -0.145. The minimum absolute atomic E-state index is 0.0261. The smallest absolute Gasteiger partial charge is 0.344 e. The Balaban J connectivity index is 1.74. The van der Waals surface area contributed by atoms with Crippen LogP contribution in [0.1, 0.15) is 17.3 Å². The summed E-state index contributed by atoms with van der Waals surface area (Å²) in [5, 5.41) is 20.6. The molecule has 0 radical (unpaired) electrons. The lowest BCUT2D eigenvalue weighted by atomic mass is 9.83. The van der Waals surface area contributed by atoms with Crippen LogP contribution in [0.2, 0.25) is 0 Å². The van der Waals surface area contributed by atoms with E-state index in [1.54, 1.807) is 30.2 Å². The van der Waals surface area contributed by atoms with E-state index in [1.807, 2.05) is 0 Å². The number of nitrogens with two attached hydrogens (primary N) is 1. The van der Waals surface area contributed by atoms with Crippen molar-refractivity contribution >= 4 is 29.3 Å². The second-order valence-corrected chi connectivity index (χ2v) is 7.73. The molecule has 0 saturated heterocycles. The molecule has 0 fully saturated rings. The van der Waals surface area contributed by atoms with Crippen molar-refractivity contribution in [1.29, 1.82) is 0 Å². The first-order valence-electron chi connectivity index (χ1n) is 10.7. The van der Waals surface area contributed by atoms with E-state index in [9.17, 15) is 19.2 Å². The highest BCUT2D eigenvalue weighted by atomic mass is 16.6. The Kier molecular flexibility index (Phi) is 8.08. The molecule has 1 aromatic rings. The van der Waals surface area contributed by atoms with E-state index in [1.165, 1.54) is 18.2 Å². The van der Waals surface area contributed by atoms with Gasteiger partial charge in [-0.25, -0.2) is 9.59 Å². The molecule has 0 spiro atoms. The molecule has 186 valence electrons. The van der Waals surface area contributed by atoms with Crippen LogP contribution in [-0.2, 0) is 19.1 Å². The zero-order valence-electron chi connectivity index (χ0n) is 18.9. The zero-order valence-corrected chi connectivity index (χ0v) is 18.9. The number of carbonyl (C=O) groups is 4. The third-order valence-electron chi connectivity index (χ3n) is 5.33. The monoisotopic (exact) mass is 487 g/mol. The molecule has 0 bridgehead atoms. The number of ketones is 2. The summed E-state index contributed by atoms with van der Waals surface area (Å²) < 4.78 is 15.4. The first-order valence-corrected chi connectivity index (χ1v) is 10.7. The summed E-state index contributed by atoms with van der Waals surface area (Å²) >= 11 is 0. The van der Waals surface area contributed by atoms with Gasteiger partial charge in [0.1, 0.15) is 11.5 Å². The quantitative estimate of drug-likeness (QED) is 0.0993. The number of allylic oxidation sites excluding steroid dienone is 1. The molecule has 2 atom stereocenters. The Morgan fingerprint density at radius 2 is 2.00 bits per heavy atom. The minimum atomic E-state index is -1.18. The summed E-state index contributed by atoms with van der Waals surface area (Å²) in [4.78, 5) is 50.0. The maximum atomic E-state index is 13.1. The van der Waals surface area contributed by atoms with Gasteiger partial charge in [0.05, 0.1) is 30.6 Å². The van der Waals surface area contributed by atoms with Crippen LogP contribution in [0, 0.1) is 11.8 Å². The van der Waals surface area contributed by atoms with Gasteiger partial charge >= 0.3 is 11.9 Å². The van der Waals surface area contributed by atoms with Crippen molar-refractivity contribution in [3.8, 4) is 11.5 Å². The Labute approximate surface area is 200 Å². The normalized spacial score (nSPS) is 19.1. The number of hydrogen-bond acceptors (Lipinski definition) is 10. The van der Waals surface area contributed by atoms with Crippen molar-refractivity contribution in [2.45, 2.75) is 6.92 Å². The number of carbonyl (C=O) groups excluding carboxylic acids is 3. The van der Waals surface area contributed by atoms with Gasteiger partial charge in [0.15, 0.2) is 30.6 Å². The molecular formula is C23H25N3O9. The highest BCUT2D eigenvalue weighted by Crippen LogP contribution is 2.32. The van der Waals surface area contributed by atoms with Gasteiger partial charge in [-0.1, -0.05) is 17.3 Å². The van der Waals surface area contributed by atoms with Crippen LogP contribution < -0.4 is 15.2 Å². The summed E-state index contributed by atoms with van der Waals surface area (Å²) in [5.74, 6) is -3.81. The molecule has 4 N–H and O–H groups in total. The zero-order chi connectivity index (χ0) is 25.5. The first-order chi connectivity index (χ1) is 16.7. The van der Waals surface area contributed by atoms with Crippen LogP contribution in [0.4, 0.5) is 0 Å². The number of benzene rings is 1. The number of rotatable bonds is 11. The van der Waals surface area contributed by atoms with E-state index in [2.05, 4.69) is 5.16 Å². The molecule has 0 saturated carbocycles. The molecule has 0 aromatic heterocycles. The van der Waals surface area contributed by atoms with E-state index in [0.717, 1.165) is 0 Å². The van der Waals surface area contributed by atoms with Crippen LogP contribution >= 0.6 is 0 Å². The Bertz CT molecular complexity index is 1110. The van der Waals surface area contributed by atoms with Crippen molar-refractivity contribution in [3.63, 3.8) is 0 Å². The number of hydrogen-bond donors (Lipinski definition) is 3. The van der Waals surface area contributed by atoms with E-state index < -0.39 is 37.0 Å². The first kappa shape index (κ1) is 25.3. The van der Waals surface area contributed by atoms with Crippen LogP contribution in [-0.4, -0.2) is 77.5 Å². The summed E-state index contributed by atoms with van der Waals surface area (Å²) in [5.41, 5.74) is 6.45. The fraction of sp³-hybridized carbons (Fsp3) is 0.348. The molecule has 35 heavy (non-hydrogen) atoms. The summed E-state index contributed by atoms with van der Waals surface area (Å²) in [6.07, 6.45) is 4.95. The summed E-state index contributed by atoms with van der Waals surface area (Å²) in [6, 6.07) is 4.16. The molecule has 1 aromatic carbocycles. The SMILES string of the molecule is CCOC(=O)COc1cc(OCC(=O)O)ccc1C(=O)CN1C=C2C=CC(C(N)=NO)C(=O)C2C1. The standard InChI is InChI=1S/C23H25N3O9/c1-2-33-21(30)12-35-19-7-14(34-11-20(28)29)4-6-15(19)18(27)10-26-8-13-3-5-16(23(24)25-32)22(31)17(13)9-26/h3-8,16-17,32H,2,9-12H2,1H3,(H2,24,25)(H,28,29). The molecule has 1 aliphatic carbocycles. The maximum absolute atomic E-state index is 13.1. The van der Waals surface area contributed by atoms with Crippen molar-refractivity contribution in [3.05, 3.63) is 47.7 Å². The molecule has 2 unspecified atom stereocenters. The molecule has 3 rings (SSSR count). The van der Waals surface area contributed by atoms with Gasteiger partial charge in [-0.2, -0.15) is 0 Å². The summed E-state index contributed by atoms with van der Waals surface area (Å²) in [7, 11) is 0. The van der Waals surface area contributed by atoms with E-state index in [-0.39, 0.29) is 54.2 Å². The second-order valence-electron chi connectivity index (χ2n) is 7.73. The average Bonchev–Trinajstić information content (AvgIpc) is 3.24. The predicted molar refractivity (Wildman–Crippen MR) is 120 cm³/mol. The molecule has 12 nitrogen and oxygen atoms in total. The van der Waals surface area contributed by atoms with Gasteiger partial charge in [-0.3, -0.25) is 9.59 Å². The Morgan fingerprint density at radius 3 is 2.69 bits per heavy atom. The molecule has 0 amide bonds. The lowest BCUT2D eigenvalue weighted by Gasteiger charge is -2.22. The van der Waals surface area contributed by atoms with Gasteiger partial charge in [-0.05, 0) is 24.6 Å². The summed E-state index contributed by atoms with van der Waals surface area (Å²) in [6.45, 7) is 0.883. The lowest BCUT2D eigenvalue weighted by Crippen LogP contribution is -2.38. The fourth-order valence-corrected chi connectivity index (χ4v) is 3.74. The largest absolute Gasteiger partial charge is 0.482 e. The average molecular weight is 487 g/mol. The van der Waals surface area contributed by atoms with E-state index in [0.29, 0.717) is 5.57 Å². The van der Waals surface area contributed by atoms with Crippen molar-refractivity contribution in [2.75, 3.05) is 32.9 Å². The van der Waals surface area contributed by atoms with Gasteiger partial charge < -0.3 is 35.2 Å². The number of Topliss-reactive ketones (excluding diaryl/α,β-unsaturated/α-hetero) is 2. The Hall–Kier alpha value is -4.35.